The molecule has 90 valence electrons. The number of rotatable bonds is 3. The number of benzene rings is 1. The Bertz CT molecular complexity index is 618. The van der Waals surface area contributed by atoms with Crippen molar-refractivity contribution >= 4 is 5.97 Å². The highest BCUT2D eigenvalue weighted by molar-refractivity contribution is 5.87. The fourth-order valence-corrected chi connectivity index (χ4v) is 1.89. The van der Waals surface area contributed by atoms with E-state index in [4.69, 9.17) is 10.4 Å². The highest BCUT2D eigenvalue weighted by Gasteiger charge is 2.13. The number of aryl methyl sites for hydroxylation is 1. The molecule has 0 amide bonds. The van der Waals surface area contributed by atoms with Crippen molar-refractivity contribution in [3.63, 3.8) is 0 Å². The normalized spacial score (nSPS) is 10.0. The van der Waals surface area contributed by atoms with Crippen molar-refractivity contribution in [3.8, 4) is 6.07 Å². The van der Waals surface area contributed by atoms with E-state index in [1.807, 2.05) is 12.1 Å². The van der Waals surface area contributed by atoms with E-state index in [9.17, 15) is 4.79 Å². The molecule has 18 heavy (non-hydrogen) atoms. The predicted octanol–water partition coefficient (Wildman–Crippen LogP) is 2.41. The zero-order valence-corrected chi connectivity index (χ0v) is 9.92. The van der Waals surface area contributed by atoms with Gasteiger partial charge in [-0.2, -0.15) is 5.26 Å². The van der Waals surface area contributed by atoms with Gasteiger partial charge in [0.05, 0.1) is 11.6 Å². The van der Waals surface area contributed by atoms with Gasteiger partial charge >= 0.3 is 5.97 Å². The van der Waals surface area contributed by atoms with Crippen LogP contribution in [0.1, 0.15) is 27.2 Å². The summed E-state index contributed by atoms with van der Waals surface area (Å²) in [5, 5.41) is 17.8. The van der Waals surface area contributed by atoms with Crippen molar-refractivity contribution in [1.29, 1.82) is 5.26 Å². The number of carboxylic acid groups (broad SMARTS) is 1. The van der Waals surface area contributed by atoms with Crippen LogP contribution in [-0.4, -0.2) is 15.6 Å². The maximum absolute atomic E-state index is 11.1. The van der Waals surface area contributed by atoms with Crippen molar-refractivity contribution in [3.05, 3.63) is 58.9 Å². The third-order valence-electron chi connectivity index (χ3n) is 2.80. The van der Waals surface area contributed by atoms with E-state index in [0.717, 1.165) is 11.1 Å². The first kappa shape index (κ1) is 11.9. The Morgan fingerprint density at radius 3 is 2.56 bits per heavy atom. The number of nitrogens with zero attached hydrogens (tertiary/aromatic N) is 2. The Morgan fingerprint density at radius 1 is 1.33 bits per heavy atom. The largest absolute Gasteiger partial charge is 0.477 e. The number of carboxylic acids is 1. The fraction of sp³-hybridized carbons (Fsp3) is 0.143. The molecule has 0 saturated heterocycles. The van der Waals surface area contributed by atoms with Crippen molar-refractivity contribution in [2.75, 3.05) is 0 Å². The molecule has 0 aliphatic rings. The zero-order chi connectivity index (χ0) is 13.1. The van der Waals surface area contributed by atoms with Gasteiger partial charge in [-0.1, -0.05) is 12.1 Å². The summed E-state index contributed by atoms with van der Waals surface area (Å²) in [6.07, 6.45) is 1.76. The van der Waals surface area contributed by atoms with E-state index >= 15 is 0 Å². The number of aromatic nitrogens is 1. The minimum absolute atomic E-state index is 0.305. The molecule has 0 fully saturated rings. The Morgan fingerprint density at radius 2 is 2.00 bits per heavy atom. The topological polar surface area (TPSA) is 66.0 Å². The summed E-state index contributed by atoms with van der Waals surface area (Å²) in [7, 11) is 0. The summed E-state index contributed by atoms with van der Waals surface area (Å²) in [5.74, 6) is -0.925. The van der Waals surface area contributed by atoms with E-state index in [1.54, 1.807) is 35.9 Å². The highest BCUT2D eigenvalue weighted by Crippen LogP contribution is 2.13. The lowest BCUT2D eigenvalue weighted by Crippen LogP contribution is -2.09. The van der Waals surface area contributed by atoms with Crippen LogP contribution in [0.2, 0.25) is 0 Å². The molecule has 1 aromatic heterocycles. The van der Waals surface area contributed by atoms with Gasteiger partial charge in [0.2, 0.25) is 0 Å². The second-order valence-corrected chi connectivity index (χ2v) is 4.09. The molecule has 0 aliphatic heterocycles. The van der Waals surface area contributed by atoms with E-state index in [1.165, 1.54) is 0 Å². The summed E-state index contributed by atoms with van der Waals surface area (Å²) >= 11 is 0. The molecule has 0 unspecified atom stereocenters. The van der Waals surface area contributed by atoms with Crippen LogP contribution >= 0.6 is 0 Å². The van der Waals surface area contributed by atoms with E-state index < -0.39 is 5.97 Å². The van der Waals surface area contributed by atoms with Gasteiger partial charge < -0.3 is 9.67 Å². The van der Waals surface area contributed by atoms with E-state index in [0.29, 0.717) is 17.8 Å². The molecule has 1 heterocycles. The summed E-state index contributed by atoms with van der Waals surface area (Å²) in [5.41, 5.74) is 2.61. The summed E-state index contributed by atoms with van der Waals surface area (Å²) in [6.45, 7) is 2.26. The molecular weight excluding hydrogens is 228 g/mol. The predicted molar refractivity (Wildman–Crippen MR) is 66.4 cm³/mol. The van der Waals surface area contributed by atoms with E-state index in [-0.39, 0.29) is 0 Å². The van der Waals surface area contributed by atoms with Crippen molar-refractivity contribution in [2.45, 2.75) is 13.5 Å². The summed E-state index contributed by atoms with van der Waals surface area (Å²) in [4.78, 5) is 11.1. The Hall–Kier alpha value is -2.54. The van der Waals surface area contributed by atoms with Gasteiger partial charge in [-0.3, -0.25) is 0 Å². The highest BCUT2D eigenvalue weighted by atomic mass is 16.4. The van der Waals surface area contributed by atoms with Gasteiger partial charge in [0, 0.05) is 12.7 Å². The Labute approximate surface area is 105 Å². The molecule has 4 nitrogen and oxygen atoms in total. The van der Waals surface area contributed by atoms with Crippen molar-refractivity contribution in [2.24, 2.45) is 0 Å². The fourth-order valence-electron chi connectivity index (χ4n) is 1.89. The quantitative estimate of drug-likeness (QED) is 0.895. The van der Waals surface area contributed by atoms with Crippen molar-refractivity contribution < 1.29 is 9.90 Å². The van der Waals surface area contributed by atoms with Gasteiger partial charge in [0.15, 0.2) is 0 Å². The van der Waals surface area contributed by atoms with Crippen LogP contribution in [0.25, 0.3) is 0 Å². The third-order valence-corrected chi connectivity index (χ3v) is 2.80. The Balaban J connectivity index is 2.29. The first-order chi connectivity index (χ1) is 8.61. The molecule has 0 spiro atoms. The Kier molecular flexibility index (Phi) is 3.16. The van der Waals surface area contributed by atoms with Gasteiger partial charge in [0.1, 0.15) is 5.69 Å². The maximum atomic E-state index is 11.1. The lowest BCUT2D eigenvalue weighted by atomic mass is 10.1. The maximum Gasteiger partial charge on any atom is 0.352 e. The molecular formula is C14H12N2O2. The van der Waals surface area contributed by atoms with Gasteiger partial charge in [0.25, 0.3) is 0 Å². The first-order valence-corrected chi connectivity index (χ1v) is 5.50. The van der Waals surface area contributed by atoms with Gasteiger partial charge in [-0.05, 0) is 36.2 Å². The van der Waals surface area contributed by atoms with Crippen LogP contribution in [-0.2, 0) is 6.54 Å². The lowest BCUT2D eigenvalue weighted by molar-refractivity contribution is 0.0685. The average molecular weight is 240 g/mol. The average Bonchev–Trinajstić information content (AvgIpc) is 2.71. The minimum Gasteiger partial charge on any atom is -0.477 e. The van der Waals surface area contributed by atoms with Crippen LogP contribution in [0.4, 0.5) is 0 Å². The smallest absolute Gasteiger partial charge is 0.352 e. The van der Waals surface area contributed by atoms with Gasteiger partial charge in [-0.15, -0.1) is 0 Å². The molecule has 0 bridgehead atoms. The molecule has 2 aromatic rings. The summed E-state index contributed by atoms with van der Waals surface area (Å²) in [6, 6.07) is 11.0. The van der Waals surface area contributed by atoms with Crippen LogP contribution in [0.5, 0.6) is 0 Å². The number of hydrogen-bond acceptors (Lipinski definition) is 2. The number of hydrogen-bond donors (Lipinski definition) is 1. The molecule has 0 atom stereocenters. The molecule has 2 rings (SSSR count). The first-order valence-electron chi connectivity index (χ1n) is 5.50. The van der Waals surface area contributed by atoms with Crippen molar-refractivity contribution in [1.82, 2.24) is 4.57 Å². The molecule has 0 saturated carbocycles. The molecule has 1 aromatic carbocycles. The number of aromatic carboxylic acids is 1. The molecule has 4 heteroatoms. The minimum atomic E-state index is -0.925. The zero-order valence-electron chi connectivity index (χ0n) is 9.92. The van der Waals surface area contributed by atoms with E-state index in [2.05, 4.69) is 6.07 Å². The molecule has 0 aliphatic carbocycles. The van der Waals surface area contributed by atoms with Crippen LogP contribution < -0.4 is 0 Å². The van der Waals surface area contributed by atoms with Crippen LogP contribution in [0.3, 0.4) is 0 Å². The monoisotopic (exact) mass is 240 g/mol. The second-order valence-electron chi connectivity index (χ2n) is 4.09. The third kappa shape index (κ3) is 2.25. The summed E-state index contributed by atoms with van der Waals surface area (Å²) < 4.78 is 1.69. The molecule has 0 radical (unpaired) electrons. The number of nitriles is 1. The standard InChI is InChI=1S/C14H12N2O2/c1-10-6-7-16(13(10)14(17)18)9-12-4-2-11(8-15)3-5-12/h2-7H,9H2,1H3,(H,17,18). The van der Waals surface area contributed by atoms with Crippen LogP contribution in [0, 0.1) is 18.3 Å². The SMILES string of the molecule is Cc1ccn(Cc2ccc(C#N)cc2)c1C(=O)O. The second kappa shape index (κ2) is 4.76. The number of carbonyl (C=O) groups is 1. The lowest BCUT2D eigenvalue weighted by Gasteiger charge is -2.07. The van der Waals surface area contributed by atoms with Gasteiger partial charge in [-0.25, -0.2) is 4.79 Å². The molecule has 1 N–H and O–H groups in total. The van der Waals surface area contributed by atoms with Crippen LogP contribution in [0.15, 0.2) is 36.5 Å².